The van der Waals surface area contributed by atoms with Crippen LogP contribution in [0.15, 0.2) is 24.3 Å². The van der Waals surface area contributed by atoms with E-state index in [4.69, 9.17) is 21.4 Å². The van der Waals surface area contributed by atoms with Gasteiger partial charge in [-0.25, -0.2) is 4.79 Å². The number of rotatable bonds is 7. The standard InChI is InChI=1S/C15H20ClNO5/c1-9(2)12(22-11-6-4-5-10(16)7-11)13(18)17-8-15(3,21)14(19)20/h4-7,9,12,21H,8H2,1-3H3,(H,17,18)(H,19,20). The molecule has 1 aromatic rings. The van der Waals surface area contributed by atoms with Gasteiger partial charge in [0.25, 0.3) is 5.91 Å². The Morgan fingerprint density at radius 3 is 2.55 bits per heavy atom. The highest BCUT2D eigenvalue weighted by Crippen LogP contribution is 2.20. The van der Waals surface area contributed by atoms with Crippen LogP contribution in [-0.4, -0.2) is 40.3 Å². The number of carbonyl (C=O) groups is 2. The van der Waals surface area contributed by atoms with Crippen LogP contribution in [0.3, 0.4) is 0 Å². The summed E-state index contributed by atoms with van der Waals surface area (Å²) in [4.78, 5) is 23.0. The number of halogens is 1. The molecule has 2 unspecified atom stereocenters. The molecule has 0 spiro atoms. The quantitative estimate of drug-likeness (QED) is 0.707. The van der Waals surface area contributed by atoms with Crippen molar-refractivity contribution in [3.63, 3.8) is 0 Å². The Kier molecular flexibility index (Phi) is 6.20. The normalized spacial score (nSPS) is 15.0. The van der Waals surface area contributed by atoms with Crippen molar-refractivity contribution in [2.75, 3.05) is 6.54 Å². The second-order valence-electron chi connectivity index (χ2n) is 5.54. The molecule has 0 heterocycles. The van der Waals surface area contributed by atoms with Crippen LogP contribution in [0.4, 0.5) is 0 Å². The Morgan fingerprint density at radius 2 is 2.05 bits per heavy atom. The average Bonchev–Trinajstić information content (AvgIpc) is 2.42. The summed E-state index contributed by atoms with van der Waals surface area (Å²) in [5, 5.41) is 21.3. The second kappa shape index (κ2) is 7.47. The lowest BCUT2D eigenvalue weighted by Crippen LogP contribution is -2.50. The molecule has 6 nitrogen and oxygen atoms in total. The van der Waals surface area contributed by atoms with Crippen LogP contribution in [0, 0.1) is 5.92 Å². The van der Waals surface area contributed by atoms with E-state index in [1.54, 1.807) is 38.1 Å². The van der Waals surface area contributed by atoms with Crippen molar-refractivity contribution in [2.45, 2.75) is 32.5 Å². The summed E-state index contributed by atoms with van der Waals surface area (Å²) >= 11 is 5.86. The summed E-state index contributed by atoms with van der Waals surface area (Å²) in [6.45, 7) is 4.29. The van der Waals surface area contributed by atoms with Gasteiger partial charge in [0, 0.05) is 5.02 Å². The number of aliphatic hydroxyl groups is 1. The van der Waals surface area contributed by atoms with Crippen molar-refractivity contribution in [3.8, 4) is 5.75 Å². The number of nitrogens with one attached hydrogen (secondary N) is 1. The molecule has 0 radical (unpaired) electrons. The van der Waals surface area contributed by atoms with Crippen LogP contribution < -0.4 is 10.1 Å². The van der Waals surface area contributed by atoms with E-state index in [1.807, 2.05) is 0 Å². The molecular weight excluding hydrogens is 310 g/mol. The molecule has 1 aromatic carbocycles. The maximum absolute atomic E-state index is 12.2. The monoisotopic (exact) mass is 329 g/mol. The van der Waals surface area contributed by atoms with Crippen molar-refractivity contribution in [1.29, 1.82) is 0 Å². The fraction of sp³-hybridized carbons (Fsp3) is 0.467. The van der Waals surface area contributed by atoms with E-state index >= 15 is 0 Å². The molecule has 0 saturated heterocycles. The van der Waals surface area contributed by atoms with Gasteiger partial charge < -0.3 is 20.3 Å². The molecule has 22 heavy (non-hydrogen) atoms. The molecule has 0 aromatic heterocycles. The second-order valence-corrected chi connectivity index (χ2v) is 5.97. The SMILES string of the molecule is CC(C)C(Oc1cccc(Cl)c1)C(=O)NCC(C)(O)C(=O)O. The molecule has 0 aliphatic heterocycles. The summed E-state index contributed by atoms with van der Waals surface area (Å²) in [5.74, 6) is -1.64. The third kappa shape index (κ3) is 5.20. The van der Waals surface area contributed by atoms with Crippen LogP contribution in [-0.2, 0) is 9.59 Å². The minimum atomic E-state index is -2.03. The van der Waals surface area contributed by atoms with Gasteiger partial charge >= 0.3 is 5.97 Å². The smallest absolute Gasteiger partial charge is 0.337 e. The number of carboxylic acid groups (broad SMARTS) is 1. The van der Waals surface area contributed by atoms with Crippen LogP contribution >= 0.6 is 11.6 Å². The minimum Gasteiger partial charge on any atom is -0.480 e. The van der Waals surface area contributed by atoms with Gasteiger partial charge in [-0.05, 0) is 31.0 Å². The Bertz CT molecular complexity index is 544. The van der Waals surface area contributed by atoms with Crippen LogP contribution in [0.1, 0.15) is 20.8 Å². The lowest BCUT2D eigenvalue weighted by atomic mass is 10.0. The van der Waals surface area contributed by atoms with E-state index in [2.05, 4.69) is 5.32 Å². The first-order chi connectivity index (χ1) is 10.1. The third-order valence-electron chi connectivity index (χ3n) is 2.99. The number of hydrogen-bond donors (Lipinski definition) is 3. The largest absolute Gasteiger partial charge is 0.480 e. The Hall–Kier alpha value is -1.79. The number of benzene rings is 1. The first-order valence-corrected chi connectivity index (χ1v) is 7.17. The van der Waals surface area contributed by atoms with Gasteiger partial charge in [-0.15, -0.1) is 0 Å². The molecule has 3 N–H and O–H groups in total. The van der Waals surface area contributed by atoms with E-state index < -0.39 is 30.1 Å². The average molecular weight is 330 g/mol. The van der Waals surface area contributed by atoms with Gasteiger partial charge in [0.15, 0.2) is 11.7 Å². The zero-order chi connectivity index (χ0) is 16.9. The fourth-order valence-electron chi connectivity index (χ4n) is 1.61. The van der Waals surface area contributed by atoms with Gasteiger partial charge in [-0.3, -0.25) is 4.79 Å². The highest BCUT2D eigenvalue weighted by molar-refractivity contribution is 6.30. The van der Waals surface area contributed by atoms with Crippen molar-refractivity contribution in [1.82, 2.24) is 5.32 Å². The van der Waals surface area contributed by atoms with Crippen molar-refractivity contribution >= 4 is 23.5 Å². The molecule has 7 heteroatoms. The highest BCUT2D eigenvalue weighted by Gasteiger charge is 2.32. The molecule has 1 amide bonds. The molecule has 0 fully saturated rings. The molecule has 0 aliphatic carbocycles. The molecule has 2 atom stereocenters. The topological polar surface area (TPSA) is 95.9 Å². The van der Waals surface area contributed by atoms with Gasteiger partial charge in [-0.2, -0.15) is 0 Å². The number of hydrogen-bond acceptors (Lipinski definition) is 4. The van der Waals surface area contributed by atoms with E-state index in [0.29, 0.717) is 10.8 Å². The number of amides is 1. The molecule has 0 aliphatic rings. The lowest BCUT2D eigenvalue weighted by molar-refractivity contribution is -0.156. The van der Waals surface area contributed by atoms with Gasteiger partial charge in [0.05, 0.1) is 6.54 Å². The van der Waals surface area contributed by atoms with Crippen molar-refractivity contribution in [3.05, 3.63) is 29.3 Å². The number of carbonyl (C=O) groups excluding carboxylic acids is 1. The molecule has 1 rings (SSSR count). The summed E-state index contributed by atoms with van der Waals surface area (Å²) < 4.78 is 5.62. The number of aliphatic carboxylic acids is 1. The van der Waals surface area contributed by atoms with Crippen LogP contribution in [0.5, 0.6) is 5.75 Å². The van der Waals surface area contributed by atoms with E-state index in [0.717, 1.165) is 6.92 Å². The van der Waals surface area contributed by atoms with Gasteiger partial charge in [0.1, 0.15) is 5.75 Å². The summed E-state index contributed by atoms with van der Waals surface area (Å²) in [7, 11) is 0. The molecule has 0 saturated carbocycles. The predicted molar refractivity (Wildman–Crippen MR) is 82.0 cm³/mol. The Morgan fingerprint density at radius 1 is 1.41 bits per heavy atom. The molecule has 0 bridgehead atoms. The van der Waals surface area contributed by atoms with E-state index in [1.165, 1.54) is 0 Å². The zero-order valence-corrected chi connectivity index (χ0v) is 13.4. The van der Waals surface area contributed by atoms with Gasteiger partial charge in [-0.1, -0.05) is 31.5 Å². The van der Waals surface area contributed by atoms with E-state index in [9.17, 15) is 14.7 Å². The summed E-state index contributed by atoms with van der Waals surface area (Å²) in [6, 6.07) is 6.63. The van der Waals surface area contributed by atoms with Crippen LogP contribution in [0.2, 0.25) is 5.02 Å². The molecule has 122 valence electrons. The minimum absolute atomic E-state index is 0.159. The van der Waals surface area contributed by atoms with Crippen LogP contribution in [0.25, 0.3) is 0 Å². The maximum Gasteiger partial charge on any atom is 0.337 e. The van der Waals surface area contributed by atoms with E-state index in [-0.39, 0.29) is 5.92 Å². The first kappa shape index (κ1) is 18.3. The zero-order valence-electron chi connectivity index (χ0n) is 12.7. The Balaban J connectivity index is 2.74. The highest BCUT2D eigenvalue weighted by atomic mass is 35.5. The first-order valence-electron chi connectivity index (χ1n) is 6.79. The third-order valence-corrected chi connectivity index (χ3v) is 3.23. The summed E-state index contributed by atoms with van der Waals surface area (Å²) in [6.07, 6.45) is -0.830. The number of carboxylic acids is 1. The predicted octanol–water partition coefficient (Wildman–Crippen LogP) is 1.70. The van der Waals surface area contributed by atoms with Crippen molar-refractivity contribution in [2.24, 2.45) is 5.92 Å². The fourth-order valence-corrected chi connectivity index (χ4v) is 1.79. The lowest BCUT2D eigenvalue weighted by Gasteiger charge is -2.24. The summed E-state index contributed by atoms with van der Waals surface area (Å²) in [5.41, 5.74) is -2.03. The molecular formula is C15H20ClNO5. The number of ether oxygens (including phenoxy) is 1. The van der Waals surface area contributed by atoms with Gasteiger partial charge in [0.2, 0.25) is 0 Å². The Labute approximate surface area is 134 Å². The maximum atomic E-state index is 12.2. The van der Waals surface area contributed by atoms with Crippen molar-refractivity contribution < 1.29 is 24.5 Å².